The first-order valence-electron chi connectivity index (χ1n) is 9.48. The first-order valence-corrected chi connectivity index (χ1v) is 10.3. The molecular formula is C23H19N5O3S. The lowest BCUT2D eigenvalue weighted by molar-refractivity contribution is 0.103. The monoisotopic (exact) mass is 445 g/mol. The fourth-order valence-electron chi connectivity index (χ4n) is 3.36. The Balaban J connectivity index is 1.83. The molecule has 0 unspecified atom stereocenters. The highest BCUT2D eigenvalue weighted by Gasteiger charge is 2.24. The van der Waals surface area contributed by atoms with Crippen molar-refractivity contribution in [3.63, 3.8) is 0 Å². The predicted molar refractivity (Wildman–Crippen MR) is 126 cm³/mol. The molecule has 1 amide bonds. The third-order valence-corrected chi connectivity index (χ3v) is 6.05. The Labute approximate surface area is 188 Å². The molecule has 0 aliphatic carbocycles. The van der Waals surface area contributed by atoms with Crippen LogP contribution < -0.4 is 26.3 Å². The van der Waals surface area contributed by atoms with Crippen molar-refractivity contribution in [2.45, 2.75) is 0 Å². The van der Waals surface area contributed by atoms with Gasteiger partial charge >= 0.3 is 0 Å². The molecule has 0 spiro atoms. The number of carbonyl (C=O) groups is 1. The normalized spacial score (nSPS) is 10.5. The number of ether oxygens (including phenoxy) is 2. The second-order valence-electron chi connectivity index (χ2n) is 6.79. The second-order valence-corrected chi connectivity index (χ2v) is 7.79. The molecular weight excluding hydrogens is 426 g/mol. The van der Waals surface area contributed by atoms with E-state index in [1.54, 1.807) is 50.6 Å². The Kier molecular flexibility index (Phi) is 5.54. The van der Waals surface area contributed by atoms with Crippen LogP contribution >= 0.6 is 11.3 Å². The summed E-state index contributed by atoms with van der Waals surface area (Å²) in [6.45, 7) is 0. The number of methoxy groups -OCH3 is 2. The van der Waals surface area contributed by atoms with Crippen molar-refractivity contribution in [3.05, 3.63) is 59.0 Å². The average molecular weight is 446 g/mol. The number of anilines is 3. The number of nitrogens with one attached hydrogen (secondary N) is 1. The number of pyridine rings is 1. The zero-order valence-electron chi connectivity index (χ0n) is 17.3. The van der Waals surface area contributed by atoms with Gasteiger partial charge in [-0.15, -0.1) is 11.3 Å². The SMILES string of the molecule is COc1ccc(NC(=O)c2sc3nc(N)c(C#N)c(-c4ccc(OC)cc4)c3c2N)cc1. The largest absolute Gasteiger partial charge is 0.497 e. The quantitative estimate of drug-likeness (QED) is 0.417. The fourth-order valence-corrected chi connectivity index (χ4v) is 4.37. The number of nitrogens with two attached hydrogens (primary N) is 2. The maximum atomic E-state index is 13.0. The summed E-state index contributed by atoms with van der Waals surface area (Å²) < 4.78 is 10.4. The van der Waals surface area contributed by atoms with Gasteiger partial charge in [-0.3, -0.25) is 4.79 Å². The predicted octanol–water partition coefficient (Wildman–Crippen LogP) is 4.27. The van der Waals surface area contributed by atoms with Gasteiger partial charge in [-0.1, -0.05) is 12.1 Å². The molecule has 0 saturated carbocycles. The highest BCUT2D eigenvalue weighted by molar-refractivity contribution is 7.21. The Morgan fingerprint density at radius 3 is 2.19 bits per heavy atom. The number of hydrogen-bond acceptors (Lipinski definition) is 8. The Morgan fingerprint density at radius 2 is 1.62 bits per heavy atom. The van der Waals surface area contributed by atoms with Crippen molar-refractivity contribution in [3.8, 4) is 28.7 Å². The number of hydrogen-bond donors (Lipinski definition) is 3. The van der Waals surface area contributed by atoms with Crippen LogP contribution in [-0.4, -0.2) is 25.1 Å². The molecule has 32 heavy (non-hydrogen) atoms. The summed E-state index contributed by atoms with van der Waals surface area (Å²) in [5.41, 5.74) is 14.8. The second kappa shape index (κ2) is 8.45. The van der Waals surface area contributed by atoms with Gasteiger partial charge < -0.3 is 26.3 Å². The van der Waals surface area contributed by atoms with Crippen LogP contribution in [0.2, 0.25) is 0 Å². The fraction of sp³-hybridized carbons (Fsp3) is 0.0870. The molecule has 2 aromatic carbocycles. The van der Waals surface area contributed by atoms with E-state index in [2.05, 4.69) is 16.4 Å². The topological polar surface area (TPSA) is 136 Å². The van der Waals surface area contributed by atoms with E-state index in [-0.39, 0.29) is 27.9 Å². The van der Waals surface area contributed by atoms with Crippen LogP contribution in [0.5, 0.6) is 11.5 Å². The van der Waals surface area contributed by atoms with E-state index < -0.39 is 0 Å². The summed E-state index contributed by atoms with van der Waals surface area (Å²) in [6.07, 6.45) is 0. The summed E-state index contributed by atoms with van der Waals surface area (Å²) in [5, 5.41) is 13.1. The maximum absolute atomic E-state index is 13.0. The molecule has 9 heteroatoms. The van der Waals surface area contributed by atoms with Crippen LogP contribution in [0.25, 0.3) is 21.3 Å². The van der Waals surface area contributed by atoms with E-state index in [0.29, 0.717) is 38.5 Å². The lowest BCUT2D eigenvalue weighted by Gasteiger charge is -2.10. The van der Waals surface area contributed by atoms with Crippen molar-refractivity contribution in [1.82, 2.24) is 4.98 Å². The summed E-state index contributed by atoms with van der Waals surface area (Å²) >= 11 is 1.12. The van der Waals surface area contributed by atoms with Gasteiger partial charge in [-0.05, 0) is 42.0 Å². The molecule has 0 radical (unpaired) electrons. The number of aromatic nitrogens is 1. The molecule has 4 rings (SSSR count). The molecule has 0 saturated heterocycles. The Bertz CT molecular complexity index is 1360. The number of carbonyl (C=O) groups excluding carboxylic acids is 1. The van der Waals surface area contributed by atoms with E-state index >= 15 is 0 Å². The summed E-state index contributed by atoms with van der Waals surface area (Å²) in [7, 11) is 3.14. The minimum Gasteiger partial charge on any atom is -0.497 e. The zero-order valence-corrected chi connectivity index (χ0v) is 18.1. The van der Waals surface area contributed by atoms with E-state index in [1.165, 1.54) is 0 Å². The van der Waals surface area contributed by atoms with Gasteiger partial charge in [0, 0.05) is 16.6 Å². The molecule has 2 heterocycles. The van der Waals surface area contributed by atoms with Gasteiger partial charge in [-0.2, -0.15) is 5.26 Å². The number of thiophene rings is 1. The molecule has 4 aromatic rings. The van der Waals surface area contributed by atoms with Crippen LogP contribution in [0.3, 0.4) is 0 Å². The number of benzene rings is 2. The minimum atomic E-state index is -0.381. The maximum Gasteiger partial charge on any atom is 0.267 e. The van der Waals surface area contributed by atoms with Gasteiger partial charge in [0.2, 0.25) is 0 Å². The van der Waals surface area contributed by atoms with Crippen LogP contribution in [0.1, 0.15) is 15.2 Å². The smallest absolute Gasteiger partial charge is 0.267 e. The van der Waals surface area contributed by atoms with E-state index in [4.69, 9.17) is 20.9 Å². The number of nitriles is 1. The number of rotatable bonds is 5. The van der Waals surface area contributed by atoms with Crippen molar-refractivity contribution >= 4 is 44.7 Å². The summed E-state index contributed by atoms with van der Waals surface area (Å²) in [5.74, 6) is 1.04. The molecule has 0 aliphatic heterocycles. The lowest BCUT2D eigenvalue weighted by Crippen LogP contribution is -2.11. The molecule has 160 valence electrons. The van der Waals surface area contributed by atoms with Gasteiger partial charge in [0.05, 0.1) is 19.9 Å². The highest BCUT2D eigenvalue weighted by atomic mass is 32.1. The van der Waals surface area contributed by atoms with Gasteiger partial charge in [-0.25, -0.2) is 4.98 Å². The van der Waals surface area contributed by atoms with Gasteiger partial charge in [0.1, 0.15) is 38.7 Å². The molecule has 0 fully saturated rings. The van der Waals surface area contributed by atoms with Crippen LogP contribution in [0, 0.1) is 11.3 Å². The van der Waals surface area contributed by atoms with Gasteiger partial charge in [0.15, 0.2) is 0 Å². The van der Waals surface area contributed by atoms with Crippen molar-refractivity contribution < 1.29 is 14.3 Å². The number of amides is 1. The summed E-state index contributed by atoms with van der Waals surface area (Å²) in [6, 6.07) is 16.2. The van der Waals surface area contributed by atoms with E-state index in [0.717, 1.165) is 11.3 Å². The molecule has 0 bridgehead atoms. The van der Waals surface area contributed by atoms with E-state index in [1.807, 2.05) is 12.1 Å². The average Bonchev–Trinajstić information content (AvgIpc) is 3.14. The minimum absolute atomic E-state index is 0.0779. The third kappa shape index (κ3) is 3.64. The number of nitrogen functional groups attached to an aromatic ring is 2. The molecule has 5 N–H and O–H groups in total. The first kappa shape index (κ1) is 21.0. The Hall–Kier alpha value is -4.29. The molecule has 2 aromatic heterocycles. The van der Waals surface area contributed by atoms with Crippen molar-refractivity contribution in [2.24, 2.45) is 0 Å². The molecule has 0 atom stereocenters. The van der Waals surface area contributed by atoms with Crippen LogP contribution in [-0.2, 0) is 0 Å². The third-order valence-electron chi connectivity index (χ3n) is 4.95. The lowest BCUT2D eigenvalue weighted by atomic mass is 9.97. The van der Waals surface area contributed by atoms with Crippen LogP contribution in [0.4, 0.5) is 17.2 Å². The van der Waals surface area contributed by atoms with Gasteiger partial charge in [0.25, 0.3) is 5.91 Å². The van der Waals surface area contributed by atoms with Crippen LogP contribution in [0.15, 0.2) is 48.5 Å². The van der Waals surface area contributed by atoms with Crippen molar-refractivity contribution in [1.29, 1.82) is 5.26 Å². The number of nitrogens with zero attached hydrogens (tertiary/aromatic N) is 2. The molecule has 8 nitrogen and oxygen atoms in total. The van der Waals surface area contributed by atoms with E-state index in [9.17, 15) is 10.1 Å². The van der Waals surface area contributed by atoms with Crippen molar-refractivity contribution in [2.75, 3.05) is 31.0 Å². The highest BCUT2D eigenvalue weighted by Crippen LogP contribution is 2.43. The molecule has 0 aliphatic rings. The summed E-state index contributed by atoms with van der Waals surface area (Å²) in [4.78, 5) is 18.1. The Morgan fingerprint density at radius 1 is 1.03 bits per heavy atom. The zero-order chi connectivity index (χ0) is 22.8. The number of fused-ring (bicyclic) bond motifs is 1. The standard InChI is InChI=1S/C23H19N5O3S/c1-30-14-7-3-12(4-8-14)17-16(11-24)21(26)28-23-18(17)19(25)20(32-23)22(29)27-13-5-9-15(31-2)10-6-13/h3-10H,25H2,1-2H3,(H2,26,28)(H,27,29). The first-order chi connectivity index (χ1) is 15.5.